The lowest BCUT2D eigenvalue weighted by Gasteiger charge is -2.37. The molecule has 0 N–H and O–H groups in total. The monoisotopic (exact) mass is 540 g/mol. The smallest absolute Gasteiger partial charge is 0.140 e. The minimum atomic E-state index is -0.316. The molecule has 0 aliphatic carbocycles. The lowest BCUT2D eigenvalue weighted by Crippen LogP contribution is -2.26. The maximum Gasteiger partial charge on any atom is 0.140 e. The average Bonchev–Trinajstić information content (AvgIpc) is 2.80. The summed E-state index contributed by atoms with van der Waals surface area (Å²) in [5.41, 5.74) is 4.65. The Hall–Kier alpha value is -2.92. The van der Waals surface area contributed by atoms with Crippen LogP contribution in [0.3, 0.4) is 0 Å². The second-order valence-corrected chi connectivity index (χ2v) is 9.33. The van der Waals surface area contributed by atoms with E-state index in [1.807, 2.05) is 36.4 Å². The van der Waals surface area contributed by atoms with Crippen LogP contribution in [0.15, 0.2) is 54.6 Å². The quantitative estimate of drug-likeness (QED) is 0.262. The molecule has 32 heavy (non-hydrogen) atoms. The van der Waals surface area contributed by atoms with E-state index in [0.717, 1.165) is 39.4 Å². The van der Waals surface area contributed by atoms with E-state index in [2.05, 4.69) is 64.1 Å². The molecule has 0 saturated carbocycles. The molecule has 0 radical (unpaired) electrons. The minimum Gasteiger partial charge on any atom is -0.496 e. The van der Waals surface area contributed by atoms with Gasteiger partial charge in [0.2, 0.25) is 0 Å². The van der Waals surface area contributed by atoms with Crippen LogP contribution in [0.5, 0.6) is 23.0 Å². The fraction of sp³-hybridized carbons (Fsp3) is 0.269. The van der Waals surface area contributed by atoms with Crippen molar-refractivity contribution in [3.8, 4) is 29.1 Å². The first-order valence-electron chi connectivity index (χ1n) is 10.4. The number of benzene rings is 3. The highest BCUT2D eigenvalue weighted by Gasteiger charge is 2.38. The van der Waals surface area contributed by atoms with Gasteiger partial charge < -0.3 is 17.3 Å². The molecule has 1 aliphatic rings. The van der Waals surface area contributed by atoms with Gasteiger partial charge in [0.15, 0.2) is 0 Å². The maximum absolute atomic E-state index is 9.46. The number of anilines is 1. The molecule has 0 unspecified atom stereocenters. The number of para-hydroxylation sites is 1. The Bertz CT molecular complexity index is 1190. The molecule has 3 aromatic carbocycles. The van der Waals surface area contributed by atoms with Crippen molar-refractivity contribution in [1.29, 1.82) is 5.26 Å². The third-order valence-corrected chi connectivity index (χ3v) is 6.91. The topological polar surface area (TPSA) is 54.7 Å². The van der Waals surface area contributed by atoms with Crippen molar-refractivity contribution in [3.63, 3.8) is 0 Å². The fourth-order valence-electron chi connectivity index (χ4n) is 4.28. The molecule has 6 heteroatoms. The molecule has 0 bridgehead atoms. The Balaban J connectivity index is 1.88. The second kappa shape index (κ2) is 8.91. The van der Waals surface area contributed by atoms with Crippen LogP contribution in [0.1, 0.15) is 36.1 Å². The molecule has 1 aliphatic heterocycles. The van der Waals surface area contributed by atoms with Crippen molar-refractivity contribution in [2.45, 2.75) is 32.2 Å². The van der Waals surface area contributed by atoms with Gasteiger partial charge in [-0.1, -0.05) is 44.2 Å². The number of methoxy groups -OCH3 is 2. The third kappa shape index (κ3) is 3.75. The van der Waals surface area contributed by atoms with Crippen molar-refractivity contribution < 1.29 is 14.2 Å². The highest BCUT2D eigenvalue weighted by Crippen LogP contribution is 2.53. The van der Waals surface area contributed by atoms with E-state index in [4.69, 9.17) is 14.2 Å². The van der Waals surface area contributed by atoms with E-state index in [0.29, 0.717) is 18.0 Å². The van der Waals surface area contributed by atoms with Gasteiger partial charge in [0.25, 0.3) is 0 Å². The van der Waals surface area contributed by atoms with Gasteiger partial charge in [-0.2, -0.15) is 5.26 Å². The van der Waals surface area contributed by atoms with E-state index in [-0.39, 0.29) is 11.8 Å². The molecule has 0 atom stereocenters. The Morgan fingerprint density at radius 2 is 1.47 bits per heavy atom. The van der Waals surface area contributed by atoms with Gasteiger partial charge in [0.05, 0.1) is 67.2 Å². The molecule has 3 aromatic rings. The largest absolute Gasteiger partial charge is 0.496 e. The van der Waals surface area contributed by atoms with E-state index >= 15 is 0 Å². The summed E-state index contributed by atoms with van der Waals surface area (Å²) in [7, 11) is 3.30. The lowest BCUT2D eigenvalue weighted by molar-refractivity contribution is 0.375. The standard InChI is InChI=1S/C26H25IN2O3/c1-26(2)20-10-12-22(30-3)18(14-15-28)24(20)32-25-19(23(31-4)13-11-21(25)26)16-29(27)17-8-6-5-7-9-17/h5-13H,14,16H2,1-4H3. The van der Waals surface area contributed by atoms with Crippen LogP contribution < -0.4 is 17.3 Å². The Morgan fingerprint density at radius 1 is 0.906 bits per heavy atom. The third-order valence-electron chi connectivity index (χ3n) is 6.01. The molecule has 5 nitrogen and oxygen atoms in total. The van der Waals surface area contributed by atoms with Gasteiger partial charge in [-0.25, -0.2) is 0 Å². The zero-order valence-corrected chi connectivity index (χ0v) is 20.8. The maximum atomic E-state index is 9.46. The summed E-state index contributed by atoms with van der Waals surface area (Å²) in [6, 6.07) is 20.5. The summed E-state index contributed by atoms with van der Waals surface area (Å²) in [5, 5.41) is 9.46. The predicted molar refractivity (Wildman–Crippen MR) is 134 cm³/mol. The molecular formula is C26H25IN2O3. The van der Waals surface area contributed by atoms with Crippen LogP contribution in [-0.4, -0.2) is 14.2 Å². The summed E-state index contributed by atoms with van der Waals surface area (Å²) < 4.78 is 20.0. The number of hydrogen-bond donors (Lipinski definition) is 0. The van der Waals surface area contributed by atoms with Gasteiger partial charge in [0.1, 0.15) is 23.0 Å². The molecular weight excluding hydrogens is 515 g/mol. The fourth-order valence-corrected chi connectivity index (χ4v) is 4.95. The van der Waals surface area contributed by atoms with Crippen LogP contribution in [-0.2, 0) is 18.4 Å². The molecule has 0 spiro atoms. The zero-order chi connectivity index (χ0) is 22.9. The van der Waals surface area contributed by atoms with E-state index in [9.17, 15) is 5.26 Å². The summed E-state index contributed by atoms with van der Waals surface area (Å²) >= 11 is 2.32. The minimum absolute atomic E-state index is 0.208. The average molecular weight is 540 g/mol. The van der Waals surface area contributed by atoms with Gasteiger partial charge in [-0.15, -0.1) is 0 Å². The van der Waals surface area contributed by atoms with Crippen molar-refractivity contribution in [2.24, 2.45) is 0 Å². The highest BCUT2D eigenvalue weighted by atomic mass is 127. The molecule has 0 amide bonds. The van der Waals surface area contributed by atoms with Crippen molar-refractivity contribution in [3.05, 3.63) is 76.9 Å². The number of fused-ring (bicyclic) bond motifs is 2. The van der Waals surface area contributed by atoms with Crippen molar-refractivity contribution in [2.75, 3.05) is 17.3 Å². The molecule has 1 heterocycles. The second-order valence-electron chi connectivity index (χ2n) is 8.16. The first-order chi connectivity index (χ1) is 15.4. The van der Waals surface area contributed by atoms with E-state index < -0.39 is 0 Å². The molecule has 164 valence electrons. The Labute approximate surface area is 203 Å². The molecule has 0 fully saturated rings. The van der Waals surface area contributed by atoms with Gasteiger partial charge in [-0.3, -0.25) is 0 Å². The molecule has 0 aromatic heterocycles. The lowest BCUT2D eigenvalue weighted by atomic mass is 9.74. The van der Waals surface area contributed by atoms with Crippen molar-refractivity contribution >= 4 is 28.6 Å². The molecule has 0 saturated heterocycles. The van der Waals surface area contributed by atoms with Crippen LogP contribution in [0.25, 0.3) is 0 Å². The number of ether oxygens (including phenoxy) is 3. The summed E-state index contributed by atoms with van der Waals surface area (Å²) in [6.45, 7) is 4.97. The summed E-state index contributed by atoms with van der Waals surface area (Å²) in [6.07, 6.45) is 0.208. The highest BCUT2D eigenvalue weighted by molar-refractivity contribution is 14.1. The number of rotatable bonds is 6. The van der Waals surface area contributed by atoms with Gasteiger partial charge >= 0.3 is 0 Å². The van der Waals surface area contributed by atoms with Crippen LogP contribution in [0.2, 0.25) is 0 Å². The zero-order valence-electron chi connectivity index (χ0n) is 18.6. The van der Waals surface area contributed by atoms with Gasteiger partial charge in [-0.05, 0) is 24.3 Å². The first-order valence-corrected chi connectivity index (χ1v) is 11.3. The van der Waals surface area contributed by atoms with Crippen LogP contribution in [0, 0.1) is 11.3 Å². The van der Waals surface area contributed by atoms with Gasteiger partial charge in [0, 0.05) is 22.2 Å². The van der Waals surface area contributed by atoms with Crippen LogP contribution in [0.4, 0.5) is 5.69 Å². The molecule has 4 rings (SSSR count). The summed E-state index contributed by atoms with van der Waals surface area (Å²) in [5.74, 6) is 2.92. The Kier molecular flexibility index (Phi) is 6.20. The van der Waals surface area contributed by atoms with E-state index in [1.165, 1.54) is 0 Å². The Morgan fingerprint density at radius 3 is 2.03 bits per heavy atom. The van der Waals surface area contributed by atoms with Crippen molar-refractivity contribution in [1.82, 2.24) is 0 Å². The SMILES string of the molecule is COc1ccc2c(c1CC#N)Oc1c(ccc(OC)c1CN(I)c1ccccc1)C2(C)C. The van der Waals surface area contributed by atoms with Crippen LogP contribution >= 0.6 is 22.9 Å². The number of halogens is 1. The first kappa shape index (κ1) is 22.3. The summed E-state index contributed by atoms with van der Waals surface area (Å²) in [4.78, 5) is 0. The normalized spacial score (nSPS) is 13.2. The number of nitrogens with zero attached hydrogens (tertiary/aromatic N) is 2. The number of hydrogen-bond acceptors (Lipinski definition) is 5. The van der Waals surface area contributed by atoms with E-state index in [1.54, 1.807) is 14.2 Å². The predicted octanol–water partition coefficient (Wildman–Crippen LogP) is 6.56. The number of nitriles is 1.